The summed E-state index contributed by atoms with van der Waals surface area (Å²) in [5.74, 6) is -0.175. The lowest BCUT2D eigenvalue weighted by Gasteiger charge is -2.03. The first-order valence-corrected chi connectivity index (χ1v) is 4.50. The van der Waals surface area contributed by atoms with Gasteiger partial charge in [-0.15, -0.1) is 0 Å². The highest BCUT2D eigenvalue weighted by Crippen LogP contribution is 2.04. The maximum absolute atomic E-state index is 11.4. The number of amides is 1. The molecule has 0 unspecified atom stereocenters. The maximum Gasteiger partial charge on any atom is 0.252 e. The van der Waals surface area contributed by atoms with Gasteiger partial charge in [-0.25, -0.2) is 4.98 Å². The number of halogens is 1. The zero-order valence-corrected chi connectivity index (χ0v) is 8.54. The number of ether oxygens (including phenoxy) is 1. The molecule has 0 bridgehead atoms. The van der Waals surface area contributed by atoms with Crippen LogP contribution in [0, 0.1) is 0 Å². The van der Waals surface area contributed by atoms with Gasteiger partial charge in [-0.1, -0.05) is 11.6 Å². The predicted octanol–water partition coefficient (Wildman–Crippen LogP) is 1.11. The lowest BCUT2D eigenvalue weighted by Crippen LogP contribution is -2.26. The number of carbonyl (C=O) groups excluding carboxylic acids is 1. The van der Waals surface area contributed by atoms with Crippen molar-refractivity contribution in [2.24, 2.45) is 0 Å². The van der Waals surface area contributed by atoms with Gasteiger partial charge in [0, 0.05) is 19.9 Å². The van der Waals surface area contributed by atoms with Crippen LogP contribution in [-0.2, 0) is 4.74 Å². The van der Waals surface area contributed by atoms with Gasteiger partial charge in [0.25, 0.3) is 5.91 Å². The molecule has 0 saturated carbocycles. The number of nitrogens with zero attached hydrogens (tertiary/aromatic N) is 1. The third-order valence-electron chi connectivity index (χ3n) is 1.58. The summed E-state index contributed by atoms with van der Waals surface area (Å²) in [6, 6.07) is 3.20. The molecule has 14 heavy (non-hydrogen) atoms. The summed E-state index contributed by atoms with van der Waals surface area (Å²) in [4.78, 5) is 15.2. The molecule has 0 radical (unpaired) electrons. The number of rotatable bonds is 4. The van der Waals surface area contributed by atoms with Crippen molar-refractivity contribution >= 4 is 17.5 Å². The van der Waals surface area contributed by atoms with Gasteiger partial charge in [0.2, 0.25) is 0 Å². The van der Waals surface area contributed by atoms with E-state index in [1.54, 1.807) is 19.2 Å². The van der Waals surface area contributed by atoms with Crippen LogP contribution in [0.2, 0.25) is 5.15 Å². The minimum absolute atomic E-state index is 0.175. The van der Waals surface area contributed by atoms with E-state index in [4.69, 9.17) is 16.3 Å². The molecule has 1 rings (SSSR count). The molecule has 1 aromatic rings. The fourth-order valence-corrected chi connectivity index (χ4v) is 0.991. The van der Waals surface area contributed by atoms with E-state index in [9.17, 15) is 4.79 Å². The number of pyridine rings is 1. The lowest BCUT2D eigenvalue weighted by molar-refractivity contribution is 0.0937. The summed E-state index contributed by atoms with van der Waals surface area (Å²) in [6.07, 6.45) is 1.43. The van der Waals surface area contributed by atoms with Crippen LogP contribution in [0.4, 0.5) is 0 Å². The van der Waals surface area contributed by atoms with Gasteiger partial charge >= 0.3 is 0 Å². The summed E-state index contributed by atoms with van der Waals surface area (Å²) in [5, 5.41) is 3.05. The summed E-state index contributed by atoms with van der Waals surface area (Å²) in [5.41, 5.74) is 0.491. The third kappa shape index (κ3) is 3.32. The minimum atomic E-state index is -0.175. The second-order valence-corrected chi connectivity index (χ2v) is 3.01. The molecule has 0 aromatic carbocycles. The van der Waals surface area contributed by atoms with E-state index in [0.29, 0.717) is 23.9 Å². The van der Waals surface area contributed by atoms with Gasteiger partial charge in [-0.3, -0.25) is 4.79 Å². The van der Waals surface area contributed by atoms with Crippen LogP contribution in [0.25, 0.3) is 0 Å². The Bertz CT molecular complexity index is 300. The average Bonchev–Trinajstić information content (AvgIpc) is 2.19. The number of hydrogen-bond acceptors (Lipinski definition) is 3. The van der Waals surface area contributed by atoms with Crippen LogP contribution in [0.3, 0.4) is 0 Å². The van der Waals surface area contributed by atoms with Crippen molar-refractivity contribution < 1.29 is 9.53 Å². The predicted molar refractivity (Wildman–Crippen MR) is 53.5 cm³/mol. The van der Waals surface area contributed by atoms with Crippen LogP contribution in [-0.4, -0.2) is 31.2 Å². The number of aromatic nitrogens is 1. The molecule has 4 nitrogen and oxygen atoms in total. The van der Waals surface area contributed by atoms with E-state index in [1.807, 2.05) is 0 Å². The highest BCUT2D eigenvalue weighted by Gasteiger charge is 2.04. The molecule has 0 atom stereocenters. The van der Waals surface area contributed by atoms with Crippen LogP contribution >= 0.6 is 11.6 Å². The standard InChI is InChI=1S/C9H11ClN2O2/c1-14-5-4-11-9(13)7-2-3-8(10)12-6-7/h2-3,6H,4-5H2,1H3,(H,11,13). The Morgan fingerprint density at radius 2 is 2.43 bits per heavy atom. The zero-order valence-electron chi connectivity index (χ0n) is 7.79. The van der Waals surface area contributed by atoms with E-state index in [1.165, 1.54) is 6.20 Å². The molecule has 0 spiro atoms. The van der Waals surface area contributed by atoms with Crippen molar-refractivity contribution in [1.29, 1.82) is 0 Å². The Labute approximate surface area is 87.2 Å². The molecule has 0 saturated heterocycles. The highest BCUT2D eigenvalue weighted by atomic mass is 35.5. The average molecular weight is 215 g/mol. The zero-order chi connectivity index (χ0) is 10.4. The smallest absolute Gasteiger partial charge is 0.252 e. The van der Waals surface area contributed by atoms with Gasteiger partial charge in [0.05, 0.1) is 12.2 Å². The second-order valence-electron chi connectivity index (χ2n) is 2.62. The minimum Gasteiger partial charge on any atom is -0.383 e. The topological polar surface area (TPSA) is 51.2 Å². The monoisotopic (exact) mass is 214 g/mol. The van der Waals surface area contributed by atoms with Crippen LogP contribution in [0.5, 0.6) is 0 Å². The van der Waals surface area contributed by atoms with E-state index < -0.39 is 0 Å². The lowest BCUT2D eigenvalue weighted by atomic mass is 10.3. The summed E-state index contributed by atoms with van der Waals surface area (Å²) < 4.78 is 4.80. The maximum atomic E-state index is 11.4. The van der Waals surface area contributed by atoms with Crippen molar-refractivity contribution in [2.45, 2.75) is 0 Å². The van der Waals surface area contributed by atoms with E-state index in [2.05, 4.69) is 10.3 Å². The molecule has 5 heteroatoms. The number of carbonyl (C=O) groups is 1. The first-order chi connectivity index (χ1) is 6.74. The quantitative estimate of drug-likeness (QED) is 0.604. The van der Waals surface area contributed by atoms with Gasteiger partial charge in [-0.05, 0) is 12.1 Å². The highest BCUT2D eigenvalue weighted by molar-refractivity contribution is 6.29. The van der Waals surface area contributed by atoms with E-state index in [0.717, 1.165) is 0 Å². The van der Waals surface area contributed by atoms with Crippen molar-refractivity contribution in [2.75, 3.05) is 20.3 Å². The molecule has 1 heterocycles. The molecule has 76 valence electrons. The number of nitrogens with one attached hydrogen (secondary N) is 1. The fourth-order valence-electron chi connectivity index (χ4n) is 0.879. The Kier molecular flexibility index (Phi) is 4.35. The van der Waals surface area contributed by atoms with Gasteiger partial charge < -0.3 is 10.1 Å². The van der Waals surface area contributed by atoms with Gasteiger partial charge in [0.15, 0.2) is 0 Å². The van der Waals surface area contributed by atoms with Crippen LogP contribution in [0.1, 0.15) is 10.4 Å². The molecular formula is C9H11ClN2O2. The van der Waals surface area contributed by atoms with Crippen molar-refractivity contribution in [3.05, 3.63) is 29.0 Å². The second kappa shape index (κ2) is 5.57. The SMILES string of the molecule is COCCNC(=O)c1ccc(Cl)nc1. The Morgan fingerprint density at radius 1 is 1.64 bits per heavy atom. The molecule has 0 aliphatic carbocycles. The van der Waals surface area contributed by atoms with Crippen LogP contribution in [0.15, 0.2) is 18.3 Å². The fraction of sp³-hybridized carbons (Fsp3) is 0.333. The summed E-state index contributed by atoms with van der Waals surface area (Å²) in [7, 11) is 1.58. The molecule has 1 N–H and O–H groups in total. The van der Waals surface area contributed by atoms with Gasteiger partial charge in [0.1, 0.15) is 5.15 Å². The molecule has 0 aliphatic heterocycles. The Hall–Kier alpha value is -1.13. The molecule has 1 aromatic heterocycles. The number of hydrogen-bond donors (Lipinski definition) is 1. The molecule has 0 aliphatic rings. The van der Waals surface area contributed by atoms with E-state index in [-0.39, 0.29) is 5.91 Å². The van der Waals surface area contributed by atoms with Crippen molar-refractivity contribution in [1.82, 2.24) is 10.3 Å². The van der Waals surface area contributed by atoms with Crippen molar-refractivity contribution in [3.8, 4) is 0 Å². The van der Waals surface area contributed by atoms with Crippen molar-refractivity contribution in [3.63, 3.8) is 0 Å². The molecule has 0 fully saturated rings. The molecule has 1 amide bonds. The first kappa shape index (κ1) is 10.9. The Morgan fingerprint density at radius 3 is 3.00 bits per heavy atom. The number of methoxy groups -OCH3 is 1. The Balaban J connectivity index is 2.48. The third-order valence-corrected chi connectivity index (χ3v) is 1.80. The van der Waals surface area contributed by atoms with Crippen LogP contribution < -0.4 is 5.32 Å². The van der Waals surface area contributed by atoms with Gasteiger partial charge in [-0.2, -0.15) is 0 Å². The van der Waals surface area contributed by atoms with E-state index >= 15 is 0 Å². The first-order valence-electron chi connectivity index (χ1n) is 4.12. The largest absolute Gasteiger partial charge is 0.383 e. The normalized spacial score (nSPS) is 9.86. The molecular weight excluding hydrogens is 204 g/mol. The summed E-state index contributed by atoms with van der Waals surface area (Å²) in [6.45, 7) is 0.977. The summed E-state index contributed by atoms with van der Waals surface area (Å²) >= 11 is 5.58.